The van der Waals surface area contributed by atoms with Gasteiger partial charge < -0.3 is 0 Å². The molecular formula is C11H21N. The van der Waals surface area contributed by atoms with Crippen molar-refractivity contribution in [1.29, 1.82) is 0 Å². The molecule has 0 amide bonds. The van der Waals surface area contributed by atoms with E-state index in [1.54, 1.807) is 0 Å². The highest BCUT2D eigenvalue weighted by atomic mass is 14.7. The fourth-order valence-electron chi connectivity index (χ4n) is 0.993. The van der Waals surface area contributed by atoms with Crippen LogP contribution < -0.4 is 0 Å². The predicted octanol–water partition coefficient (Wildman–Crippen LogP) is 3.46. The second-order valence-corrected chi connectivity index (χ2v) is 4.03. The largest absolute Gasteiger partial charge is 0.293 e. The molecule has 1 heteroatoms. The zero-order chi connectivity index (χ0) is 9.61. The first kappa shape index (κ1) is 11.4. The van der Waals surface area contributed by atoms with Gasteiger partial charge in [-0.05, 0) is 24.3 Å². The Morgan fingerprint density at radius 2 is 1.92 bits per heavy atom. The van der Waals surface area contributed by atoms with Crippen LogP contribution in [0, 0.1) is 5.41 Å². The molecule has 0 aromatic rings. The first-order valence-electron chi connectivity index (χ1n) is 4.69. The van der Waals surface area contributed by atoms with Crippen molar-refractivity contribution in [3.8, 4) is 0 Å². The van der Waals surface area contributed by atoms with Gasteiger partial charge in [0.1, 0.15) is 0 Å². The average Bonchev–Trinajstić information content (AvgIpc) is 1.95. The maximum Gasteiger partial charge on any atom is 0.0386 e. The van der Waals surface area contributed by atoms with E-state index in [2.05, 4.69) is 45.7 Å². The van der Waals surface area contributed by atoms with Crippen molar-refractivity contribution < 1.29 is 0 Å². The van der Waals surface area contributed by atoms with Gasteiger partial charge in [0.25, 0.3) is 0 Å². The molecule has 0 rings (SSSR count). The summed E-state index contributed by atoms with van der Waals surface area (Å²) in [5, 5.41) is 0. The summed E-state index contributed by atoms with van der Waals surface area (Å²) < 4.78 is 0. The van der Waals surface area contributed by atoms with E-state index in [1.807, 2.05) is 6.21 Å². The molecular weight excluding hydrogens is 146 g/mol. The van der Waals surface area contributed by atoms with Crippen LogP contribution in [-0.2, 0) is 0 Å². The third kappa shape index (κ3) is 4.32. The van der Waals surface area contributed by atoms with Crippen LogP contribution in [0.5, 0.6) is 0 Å². The van der Waals surface area contributed by atoms with Crippen molar-refractivity contribution in [3.05, 3.63) is 11.6 Å². The van der Waals surface area contributed by atoms with E-state index in [4.69, 9.17) is 0 Å². The Kier molecular flexibility index (Phi) is 4.87. The maximum atomic E-state index is 4.33. The molecule has 0 fully saturated rings. The molecule has 0 bridgehead atoms. The van der Waals surface area contributed by atoms with Gasteiger partial charge in [-0.1, -0.05) is 33.8 Å². The Bertz CT molecular complexity index is 170. The van der Waals surface area contributed by atoms with Crippen LogP contribution in [-0.4, -0.2) is 12.8 Å². The third-order valence-electron chi connectivity index (χ3n) is 1.76. The number of aliphatic imine (C=N–C) groups is 1. The number of nitrogens with zero attached hydrogens (tertiary/aromatic N) is 1. The van der Waals surface area contributed by atoms with Crippen molar-refractivity contribution in [2.24, 2.45) is 10.4 Å². The van der Waals surface area contributed by atoms with E-state index < -0.39 is 0 Å². The molecule has 0 saturated carbocycles. The molecule has 0 aliphatic carbocycles. The highest BCUT2D eigenvalue weighted by molar-refractivity contribution is 5.79. The van der Waals surface area contributed by atoms with E-state index >= 15 is 0 Å². The van der Waals surface area contributed by atoms with Crippen LogP contribution in [0.4, 0.5) is 0 Å². The van der Waals surface area contributed by atoms with E-state index in [0.717, 1.165) is 13.0 Å². The molecule has 12 heavy (non-hydrogen) atoms. The number of hydrogen-bond donors (Lipinski definition) is 0. The lowest BCUT2D eigenvalue weighted by atomic mass is 9.87. The lowest BCUT2D eigenvalue weighted by molar-refractivity contribution is 0.525. The lowest BCUT2D eigenvalue weighted by Gasteiger charge is -2.19. The molecule has 0 aliphatic heterocycles. The molecule has 0 atom stereocenters. The molecule has 0 aromatic heterocycles. The number of hydrogen-bond acceptors (Lipinski definition) is 1. The quantitative estimate of drug-likeness (QED) is 0.571. The summed E-state index contributed by atoms with van der Waals surface area (Å²) in [4.78, 5) is 4.33. The Hall–Kier alpha value is -0.590. The fourth-order valence-corrected chi connectivity index (χ4v) is 0.993. The minimum absolute atomic E-state index is 0.228. The zero-order valence-electron chi connectivity index (χ0n) is 9.02. The van der Waals surface area contributed by atoms with Gasteiger partial charge in [0, 0.05) is 12.8 Å². The highest BCUT2D eigenvalue weighted by Crippen LogP contribution is 2.23. The topological polar surface area (TPSA) is 12.4 Å². The van der Waals surface area contributed by atoms with Gasteiger partial charge in [0.2, 0.25) is 0 Å². The summed E-state index contributed by atoms with van der Waals surface area (Å²) in [6.45, 7) is 11.8. The molecule has 0 aromatic carbocycles. The summed E-state index contributed by atoms with van der Waals surface area (Å²) in [7, 11) is 0. The van der Waals surface area contributed by atoms with E-state index in [-0.39, 0.29) is 5.41 Å². The van der Waals surface area contributed by atoms with Gasteiger partial charge in [0.05, 0.1) is 0 Å². The monoisotopic (exact) mass is 167 g/mol. The van der Waals surface area contributed by atoms with Crippen molar-refractivity contribution >= 4 is 6.21 Å². The second-order valence-electron chi connectivity index (χ2n) is 4.03. The highest BCUT2D eigenvalue weighted by Gasteiger charge is 2.13. The van der Waals surface area contributed by atoms with Gasteiger partial charge in [-0.2, -0.15) is 0 Å². The van der Waals surface area contributed by atoms with Gasteiger partial charge in [0.15, 0.2) is 0 Å². The summed E-state index contributed by atoms with van der Waals surface area (Å²) in [6.07, 6.45) is 5.26. The summed E-state index contributed by atoms with van der Waals surface area (Å²) >= 11 is 0. The van der Waals surface area contributed by atoms with Gasteiger partial charge in [-0.25, -0.2) is 0 Å². The number of allylic oxidation sites excluding steroid dienone is 2. The van der Waals surface area contributed by atoms with Gasteiger partial charge in [-0.3, -0.25) is 4.99 Å². The molecule has 0 spiro atoms. The Morgan fingerprint density at radius 1 is 1.33 bits per heavy atom. The van der Waals surface area contributed by atoms with E-state index in [0.29, 0.717) is 0 Å². The maximum absolute atomic E-state index is 4.33. The van der Waals surface area contributed by atoms with Crippen LogP contribution in [0.1, 0.15) is 41.0 Å². The van der Waals surface area contributed by atoms with Gasteiger partial charge in [-0.15, -0.1) is 0 Å². The molecule has 1 nitrogen and oxygen atoms in total. The number of rotatable bonds is 3. The fraction of sp³-hybridized carbons (Fsp3) is 0.727. The zero-order valence-corrected chi connectivity index (χ0v) is 9.02. The van der Waals surface area contributed by atoms with Crippen molar-refractivity contribution in [1.82, 2.24) is 0 Å². The summed E-state index contributed by atoms with van der Waals surface area (Å²) in [5.41, 5.74) is 1.54. The van der Waals surface area contributed by atoms with Crippen LogP contribution in [0.25, 0.3) is 0 Å². The molecule has 0 aliphatic rings. The van der Waals surface area contributed by atoms with Crippen molar-refractivity contribution in [3.63, 3.8) is 0 Å². The Morgan fingerprint density at radius 3 is 2.25 bits per heavy atom. The summed E-state index contributed by atoms with van der Waals surface area (Å²) in [5.74, 6) is 0. The van der Waals surface area contributed by atoms with Crippen LogP contribution >= 0.6 is 0 Å². The van der Waals surface area contributed by atoms with E-state index in [1.165, 1.54) is 5.57 Å². The molecule has 0 saturated heterocycles. The molecule has 0 N–H and O–H groups in total. The predicted molar refractivity (Wildman–Crippen MR) is 56.9 cm³/mol. The molecule has 0 heterocycles. The molecule has 0 unspecified atom stereocenters. The second kappa shape index (κ2) is 5.13. The van der Waals surface area contributed by atoms with Crippen molar-refractivity contribution in [2.75, 3.05) is 6.54 Å². The lowest BCUT2D eigenvalue weighted by Crippen LogP contribution is -2.10. The summed E-state index contributed by atoms with van der Waals surface area (Å²) in [6, 6.07) is 0. The smallest absolute Gasteiger partial charge is 0.0386 e. The SMILES string of the molecule is C/C=C(\C=N/CCC)C(C)(C)C. The molecule has 0 radical (unpaired) electrons. The Labute approximate surface area is 76.6 Å². The molecule has 70 valence electrons. The van der Waals surface area contributed by atoms with Crippen molar-refractivity contribution in [2.45, 2.75) is 41.0 Å². The van der Waals surface area contributed by atoms with Crippen LogP contribution in [0.3, 0.4) is 0 Å². The minimum Gasteiger partial charge on any atom is -0.293 e. The minimum atomic E-state index is 0.228. The van der Waals surface area contributed by atoms with Crippen LogP contribution in [0.2, 0.25) is 0 Å². The first-order valence-corrected chi connectivity index (χ1v) is 4.69. The van der Waals surface area contributed by atoms with Crippen LogP contribution in [0.15, 0.2) is 16.6 Å². The average molecular weight is 167 g/mol. The Balaban J connectivity index is 4.21. The third-order valence-corrected chi connectivity index (χ3v) is 1.76. The normalized spacial score (nSPS) is 14.2. The van der Waals surface area contributed by atoms with Gasteiger partial charge >= 0.3 is 0 Å². The standard InChI is InChI=1S/C11H21N/c1-6-8-12-9-10(7-2)11(3,4)5/h7,9H,6,8H2,1-5H3/b10-7+,12-9-. The van der Waals surface area contributed by atoms with E-state index in [9.17, 15) is 0 Å². The first-order chi connectivity index (χ1) is 5.52.